The number of likely N-dealkylation sites (tertiary alicyclic amines) is 1. The maximum Gasteiger partial charge on any atom is 0.225 e. The third kappa shape index (κ3) is 3.68. The van der Waals surface area contributed by atoms with E-state index in [1.165, 1.54) is 5.56 Å². The number of rotatable bonds is 4. The minimum absolute atomic E-state index is 0.0901. The smallest absolute Gasteiger partial charge is 0.225 e. The molecule has 0 unspecified atom stereocenters. The van der Waals surface area contributed by atoms with E-state index < -0.39 is 0 Å². The topological polar surface area (TPSA) is 49.8 Å². The molecule has 1 aromatic rings. The molecule has 2 heterocycles. The largest absolute Gasteiger partial charge is 0.392 e. The first-order valence-corrected chi connectivity index (χ1v) is 8.31. The Balaban J connectivity index is 1.54. The Kier molecular flexibility index (Phi) is 5.11. The van der Waals surface area contributed by atoms with E-state index in [1.807, 2.05) is 12.1 Å². The number of aliphatic hydroxyl groups is 1. The van der Waals surface area contributed by atoms with Crippen LogP contribution in [0.2, 0.25) is 0 Å². The Morgan fingerprint density at radius 3 is 2.77 bits per heavy atom. The second kappa shape index (κ2) is 7.25. The van der Waals surface area contributed by atoms with Crippen molar-refractivity contribution in [3.05, 3.63) is 35.4 Å². The second-order valence-corrected chi connectivity index (χ2v) is 6.51. The van der Waals surface area contributed by atoms with Gasteiger partial charge in [0.15, 0.2) is 0 Å². The van der Waals surface area contributed by atoms with Crippen molar-refractivity contribution in [3.8, 4) is 0 Å². The minimum Gasteiger partial charge on any atom is -0.392 e. The van der Waals surface area contributed by atoms with Gasteiger partial charge in [0.05, 0.1) is 6.61 Å². The summed E-state index contributed by atoms with van der Waals surface area (Å²) in [4.78, 5) is 14.6. The van der Waals surface area contributed by atoms with Crippen molar-refractivity contribution >= 4 is 5.91 Å². The lowest BCUT2D eigenvalue weighted by atomic mass is 9.97. The van der Waals surface area contributed by atoms with Crippen molar-refractivity contribution in [2.45, 2.75) is 32.3 Å². The number of ether oxygens (including phenoxy) is 1. The summed E-state index contributed by atoms with van der Waals surface area (Å²) < 4.78 is 5.34. The lowest BCUT2D eigenvalue weighted by Gasteiger charge is -2.26. The molecule has 2 saturated heterocycles. The fourth-order valence-corrected chi connectivity index (χ4v) is 3.59. The Bertz CT molecular complexity index is 511. The first-order chi connectivity index (χ1) is 10.8. The van der Waals surface area contributed by atoms with Gasteiger partial charge in [-0.15, -0.1) is 0 Å². The highest BCUT2D eigenvalue weighted by Crippen LogP contribution is 2.25. The molecule has 4 heteroatoms. The first kappa shape index (κ1) is 15.5. The van der Waals surface area contributed by atoms with Crippen molar-refractivity contribution in [2.24, 2.45) is 11.8 Å². The number of nitrogens with zero attached hydrogens (tertiary/aromatic N) is 1. The molecule has 0 spiro atoms. The lowest BCUT2D eigenvalue weighted by molar-refractivity contribution is -0.137. The standard InChI is InChI=1S/C18H25NO3/c20-13-16-3-1-2-14(11-16)10-15-4-7-19(12-15)18(21)17-5-8-22-9-6-17/h1-3,11,15,17,20H,4-10,12-13H2/t15-/m1/s1. The number of aliphatic hydroxyl groups excluding tert-OH is 1. The van der Waals surface area contributed by atoms with Gasteiger partial charge in [-0.1, -0.05) is 24.3 Å². The summed E-state index contributed by atoms with van der Waals surface area (Å²) in [5.41, 5.74) is 2.22. The summed E-state index contributed by atoms with van der Waals surface area (Å²) in [6, 6.07) is 8.13. The van der Waals surface area contributed by atoms with Gasteiger partial charge in [-0.3, -0.25) is 4.79 Å². The molecule has 0 aliphatic carbocycles. The second-order valence-electron chi connectivity index (χ2n) is 6.51. The van der Waals surface area contributed by atoms with Crippen LogP contribution in [0.4, 0.5) is 0 Å². The molecule has 0 saturated carbocycles. The maximum atomic E-state index is 12.5. The third-order valence-corrected chi connectivity index (χ3v) is 4.87. The van der Waals surface area contributed by atoms with Crippen LogP contribution in [-0.4, -0.2) is 42.2 Å². The number of hydrogen-bond acceptors (Lipinski definition) is 3. The molecular formula is C18H25NO3. The van der Waals surface area contributed by atoms with Crippen LogP contribution in [0.1, 0.15) is 30.4 Å². The van der Waals surface area contributed by atoms with E-state index >= 15 is 0 Å². The summed E-state index contributed by atoms with van der Waals surface area (Å²) in [7, 11) is 0. The summed E-state index contributed by atoms with van der Waals surface area (Å²) in [6.07, 6.45) is 3.82. The molecule has 2 aliphatic heterocycles. The molecule has 1 N–H and O–H groups in total. The third-order valence-electron chi connectivity index (χ3n) is 4.87. The van der Waals surface area contributed by atoms with Gasteiger partial charge < -0.3 is 14.7 Å². The van der Waals surface area contributed by atoms with Crippen LogP contribution < -0.4 is 0 Å². The zero-order chi connectivity index (χ0) is 15.4. The van der Waals surface area contributed by atoms with Crippen molar-refractivity contribution in [3.63, 3.8) is 0 Å². The van der Waals surface area contributed by atoms with E-state index in [9.17, 15) is 9.90 Å². The molecule has 22 heavy (non-hydrogen) atoms. The van der Waals surface area contributed by atoms with Crippen molar-refractivity contribution in [1.29, 1.82) is 0 Å². The number of carbonyl (C=O) groups is 1. The molecule has 0 bridgehead atoms. The Morgan fingerprint density at radius 2 is 2.00 bits per heavy atom. The van der Waals surface area contributed by atoms with Crippen molar-refractivity contribution < 1.29 is 14.6 Å². The average molecular weight is 303 g/mol. The van der Waals surface area contributed by atoms with Crippen molar-refractivity contribution in [2.75, 3.05) is 26.3 Å². The molecule has 2 aliphatic rings. The van der Waals surface area contributed by atoms with Gasteiger partial charge in [-0.2, -0.15) is 0 Å². The minimum atomic E-state index is 0.0901. The van der Waals surface area contributed by atoms with Crippen molar-refractivity contribution in [1.82, 2.24) is 4.90 Å². The van der Waals surface area contributed by atoms with Crippen LogP contribution in [0.25, 0.3) is 0 Å². The molecule has 1 aromatic carbocycles. The average Bonchev–Trinajstić information content (AvgIpc) is 3.03. The van der Waals surface area contributed by atoms with E-state index in [2.05, 4.69) is 17.0 Å². The molecule has 0 radical (unpaired) electrons. The first-order valence-electron chi connectivity index (χ1n) is 8.31. The number of amides is 1. The van der Waals surface area contributed by atoms with Crippen LogP contribution in [0.5, 0.6) is 0 Å². The Morgan fingerprint density at radius 1 is 1.23 bits per heavy atom. The highest BCUT2D eigenvalue weighted by Gasteiger charge is 2.31. The van der Waals surface area contributed by atoms with Crippen LogP contribution in [0, 0.1) is 11.8 Å². The highest BCUT2D eigenvalue weighted by molar-refractivity contribution is 5.79. The van der Waals surface area contributed by atoms with E-state index in [0.29, 0.717) is 11.8 Å². The summed E-state index contributed by atoms with van der Waals surface area (Å²) in [6.45, 7) is 3.30. The molecule has 3 rings (SSSR count). The normalized spacial score (nSPS) is 23.0. The lowest BCUT2D eigenvalue weighted by Crippen LogP contribution is -2.37. The van der Waals surface area contributed by atoms with Gasteiger partial charge in [0.2, 0.25) is 5.91 Å². The number of benzene rings is 1. The molecule has 2 fully saturated rings. The zero-order valence-electron chi connectivity index (χ0n) is 13.0. The van der Waals surface area contributed by atoms with Gasteiger partial charge in [0.25, 0.3) is 0 Å². The molecule has 4 nitrogen and oxygen atoms in total. The predicted octanol–water partition coefficient (Wildman–Crippen LogP) is 2.00. The molecular weight excluding hydrogens is 278 g/mol. The van der Waals surface area contributed by atoms with Crippen LogP contribution >= 0.6 is 0 Å². The van der Waals surface area contributed by atoms with Gasteiger partial charge in [-0.25, -0.2) is 0 Å². The highest BCUT2D eigenvalue weighted by atomic mass is 16.5. The molecule has 0 aromatic heterocycles. The predicted molar refractivity (Wildman–Crippen MR) is 84.3 cm³/mol. The molecule has 1 amide bonds. The van der Waals surface area contributed by atoms with E-state index in [-0.39, 0.29) is 12.5 Å². The van der Waals surface area contributed by atoms with Crippen LogP contribution in [0.15, 0.2) is 24.3 Å². The van der Waals surface area contributed by atoms with E-state index in [0.717, 1.165) is 57.6 Å². The fraction of sp³-hybridized carbons (Fsp3) is 0.611. The van der Waals surface area contributed by atoms with Gasteiger partial charge in [0, 0.05) is 32.2 Å². The Hall–Kier alpha value is -1.39. The number of carbonyl (C=O) groups excluding carboxylic acids is 1. The fourth-order valence-electron chi connectivity index (χ4n) is 3.59. The van der Waals surface area contributed by atoms with E-state index in [4.69, 9.17) is 4.74 Å². The van der Waals surface area contributed by atoms with Gasteiger partial charge in [-0.05, 0) is 42.7 Å². The quantitative estimate of drug-likeness (QED) is 0.925. The van der Waals surface area contributed by atoms with Crippen LogP contribution in [0.3, 0.4) is 0 Å². The summed E-state index contributed by atoms with van der Waals surface area (Å²) in [5, 5.41) is 9.22. The van der Waals surface area contributed by atoms with E-state index in [1.54, 1.807) is 0 Å². The Labute approximate surface area is 132 Å². The zero-order valence-corrected chi connectivity index (χ0v) is 13.0. The molecule has 120 valence electrons. The van der Waals surface area contributed by atoms with Gasteiger partial charge in [0.1, 0.15) is 0 Å². The summed E-state index contributed by atoms with van der Waals surface area (Å²) >= 11 is 0. The SMILES string of the molecule is O=C(C1CCOCC1)N1CC[C@H](Cc2cccc(CO)c2)C1. The maximum absolute atomic E-state index is 12.5. The van der Waals surface area contributed by atoms with Crippen LogP contribution in [-0.2, 0) is 22.6 Å². The number of hydrogen-bond donors (Lipinski definition) is 1. The van der Waals surface area contributed by atoms with Gasteiger partial charge >= 0.3 is 0 Å². The monoisotopic (exact) mass is 303 g/mol. The summed E-state index contributed by atoms with van der Waals surface area (Å²) in [5.74, 6) is 1.04. The molecule has 1 atom stereocenters.